The highest BCUT2D eigenvalue weighted by Gasteiger charge is 2.47. The minimum atomic E-state index is -0.885. The van der Waals surface area contributed by atoms with Gasteiger partial charge in [-0.05, 0) is 101 Å². The van der Waals surface area contributed by atoms with E-state index in [0.717, 1.165) is 35.9 Å². The Kier molecular flexibility index (Phi) is 7.68. The number of H-pyrrole nitrogens is 1. The number of rotatable bonds is 8. The van der Waals surface area contributed by atoms with E-state index in [1.807, 2.05) is 43.3 Å². The van der Waals surface area contributed by atoms with Crippen molar-refractivity contribution in [3.63, 3.8) is 0 Å². The maximum Gasteiger partial charge on any atom is 0.274 e. The lowest BCUT2D eigenvalue weighted by molar-refractivity contribution is -0.130. The molecule has 2 aromatic heterocycles. The summed E-state index contributed by atoms with van der Waals surface area (Å²) in [6, 6.07) is 18.3. The van der Waals surface area contributed by atoms with Crippen LogP contribution in [-0.4, -0.2) is 43.0 Å². The zero-order valence-electron chi connectivity index (χ0n) is 23.8. The molecule has 5 rings (SSSR count). The Morgan fingerprint density at radius 1 is 1.05 bits per heavy atom. The van der Waals surface area contributed by atoms with Crippen molar-refractivity contribution in [1.29, 1.82) is 0 Å². The average molecular weight is 555 g/mol. The zero-order chi connectivity index (χ0) is 29.3. The van der Waals surface area contributed by atoms with Crippen LogP contribution >= 0.6 is 0 Å². The van der Waals surface area contributed by atoms with E-state index in [0.29, 0.717) is 42.2 Å². The van der Waals surface area contributed by atoms with Gasteiger partial charge in [0.25, 0.3) is 5.91 Å². The van der Waals surface area contributed by atoms with Gasteiger partial charge in [-0.2, -0.15) is 0 Å². The first kappa shape index (κ1) is 28.4. The number of fused-ring (bicyclic) bond motifs is 1. The van der Waals surface area contributed by atoms with E-state index < -0.39 is 16.6 Å². The maximum atomic E-state index is 13.6. The number of carbonyl (C=O) groups excluding carboxylic acids is 2. The highest BCUT2D eigenvalue weighted by molar-refractivity contribution is 6.03. The molecule has 0 bridgehead atoms. The number of hydrogen-bond donors (Lipinski definition) is 5. The van der Waals surface area contributed by atoms with Gasteiger partial charge in [-0.15, -0.1) is 0 Å². The van der Waals surface area contributed by atoms with Crippen molar-refractivity contribution in [3.05, 3.63) is 72.6 Å². The molecule has 9 nitrogen and oxygen atoms in total. The van der Waals surface area contributed by atoms with Crippen molar-refractivity contribution >= 4 is 34.2 Å². The van der Waals surface area contributed by atoms with Gasteiger partial charge in [0.1, 0.15) is 11.5 Å². The SMILES string of the molecule is CCC1(C(=O)Nc2ccc(-c3nc4ccc(NC(=O)c5ccccn5)cc4[nH]3)cc2)CCCC(N)(CC(C)(C)O)C1. The third-order valence-electron chi connectivity index (χ3n) is 8.02. The molecule has 1 fully saturated rings. The summed E-state index contributed by atoms with van der Waals surface area (Å²) < 4.78 is 0. The first-order chi connectivity index (χ1) is 19.5. The second kappa shape index (κ2) is 11.1. The van der Waals surface area contributed by atoms with E-state index >= 15 is 0 Å². The summed E-state index contributed by atoms with van der Waals surface area (Å²) in [4.78, 5) is 38.1. The molecule has 0 radical (unpaired) electrons. The Morgan fingerprint density at radius 3 is 2.49 bits per heavy atom. The quantitative estimate of drug-likeness (QED) is 0.190. The third-order valence-corrected chi connectivity index (χ3v) is 8.02. The maximum absolute atomic E-state index is 13.6. The number of aromatic nitrogens is 3. The summed E-state index contributed by atoms with van der Waals surface area (Å²) in [5, 5.41) is 16.4. The average Bonchev–Trinajstić information content (AvgIpc) is 3.36. The Morgan fingerprint density at radius 2 is 1.80 bits per heavy atom. The molecule has 1 aliphatic carbocycles. The molecule has 1 saturated carbocycles. The summed E-state index contributed by atoms with van der Waals surface area (Å²) in [5.74, 6) is 0.375. The van der Waals surface area contributed by atoms with Crippen LogP contribution in [0.2, 0.25) is 0 Å². The lowest BCUT2D eigenvalue weighted by Gasteiger charge is -2.46. The molecule has 2 atom stereocenters. The molecule has 2 heterocycles. The van der Waals surface area contributed by atoms with Gasteiger partial charge in [0.05, 0.1) is 22.0 Å². The zero-order valence-corrected chi connectivity index (χ0v) is 23.8. The summed E-state index contributed by atoms with van der Waals surface area (Å²) in [7, 11) is 0. The number of nitrogens with one attached hydrogen (secondary N) is 3. The number of amides is 2. The number of anilines is 2. The molecular weight excluding hydrogens is 516 g/mol. The number of aliphatic hydroxyl groups is 1. The van der Waals surface area contributed by atoms with Crippen LogP contribution in [0.1, 0.15) is 69.8 Å². The fourth-order valence-corrected chi connectivity index (χ4v) is 6.19. The predicted octanol–water partition coefficient (Wildman–Crippen LogP) is 5.64. The van der Waals surface area contributed by atoms with Gasteiger partial charge in [0.2, 0.25) is 5.91 Å². The summed E-state index contributed by atoms with van der Waals surface area (Å²) in [6.45, 7) is 5.58. The second-order valence-corrected chi connectivity index (χ2v) is 12.0. The van der Waals surface area contributed by atoms with Crippen LogP contribution in [0.3, 0.4) is 0 Å². The molecular formula is C32H38N6O3. The molecule has 9 heteroatoms. The molecule has 41 heavy (non-hydrogen) atoms. The summed E-state index contributed by atoms with van der Waals surface area (Å²) in [6.07, 6.45) is 5.71. The minimum Gasteiger partial charge on any atom is -0.390 e. The summed E-state index contributed by atoms with van der Waals surface area (Å²) in [5.41, 5.74) is 8.81. The normalized spacial score (nSPS) is 21.0. The van der Waals surface area contributed by atoms with Gasteiger partial charge in [0, 0.05) is 28.7 Å². The first-order valence-corrected chi connectivity index (χ1v) is 14.1. The fourth-order valence-electron chi connectivity index (χ4n) is 6.19. The number of benzene rings is 2. The van der Waals surface area contributed by atoms with Gasteiger partial charge >= 0.3 is 0 Å². The van der Waals surface area contributed by atoms with E-state index in [2.05, 4.69) is 20.6 Å². The van der Waals surface area contributed by atoms with Gasteiger partial charge in [0.15, 0.2) is 0 Å². The Balaban J connectivity index is 1.28. The molecule has 214 valence electrons. The second-order valence-electron chi connectivity index (χ2n) is 12.0. The molecule has 0 aliphatic heterocycles. The molecule has 6 N–H and O–H groups in total. The predicted molar refractivity (Wildman–Crippen MR) is 161 cm³/mol. The van der Waals surface area contributed by atoms with Gasteiger partial charge in [-0.25, -0.2) is 4.98 Å². The minimum absolute atomic E-state index is 0.0259. The van der Waals surface area contributed by atoms with E-state index in [4.69, 9.17) is 10.7 Å². The van der Waals surface area contributed by atoms with Gasteiger partial charge in [-0.1, -0.05) is 19.4 Å². The van der Waals surface area contributed by atoms with Gasteiger partial charge in [-0.3, -0.25) is 14.6 Å². The molecule has 2 amide bonds. The van der Waals surface area contributed by atoms with Crippen molar-refractivity contribution in [2.24, 2.45) is 11.1 Å². The fraction of sp³-hybridized carbons (Fsp3) is 0.375. The van der Waals surface area contributed by atoms with Gasteiger partial charge < -0.3 is 26.5 Å². The van der Waals surface area contributed by atoms with Crippen LogP contribution in [0.5, 0.6) is 0 Å². The van der Waals surface area contributed by atoms with Crippen molar-refractivity contribution in [2.75, 3.05) is 10.6 Å². The Labute approximate surface area is 240 Å². The molecule has 4 aromatic rings. The largest absolute Gasteiger partial charge is 0.390 e. The smallest absolute Gasteiger partial charge is 0.274 e. The number of nitrogens with zero attached hydrogens (tertiary/aromatic N) is 2. The number of imidazole rings is 1. The number of nitrogens with two attached hydrogens (primary N) is 1. The topological polar surface area (TPSA) is 146 Å². The van der Waals surface area contributed by atoms with E-state index in [1.165, 1.54) is 0 Å². The third kappa shape index (κ3) is 6.47. The standard InChI is InChI=1S/C32H38N6O3/c1-4-31(15-7-16-32(33,20-31)19-30(2,3)41)29(40)36-22-11-9-21(10-12-22)27-37-24-14-13-23(18-26(24)38-27)35-28(39)25-8-5-6-17-34-25/h5-6,8-14,17-18,41H,4,7,15-16,19-20,33H2,1-3H3,(H,35,39)(H,36,40)(H,37,38). The van der Waals surface area contributed by atoms with Crippen molar-refractivity contribution in [2.45, 2.75) is 70.4 Å². The van der Waals surface area contributed by atoms with Crippen LogP contribution in [0.4, 0.5) is 11.4 Å². The Bertz CT molecular complexity index is 1540. The lowest BCUT2D eigenvalue weighted by Crippen LogP contribution is -2.54. The van der Waals surface area contributed by atoms with E-state index in [-0.39, 0.29) is 11.8 Å². The molecule has 2 unspecified atom stereocenters. The lowest BCUT2D eigenvalue weighted by atomic mass is 9.62. The molecule has 0 spiro atoms. The van der Waals surface area contributed by atoms with Crippen molar-refractivity contribution in [3.8, 4) is 11.4 Å². The first-order valence-electron chi connectivity index (χ1n) is 14.1. The molecule has 1 aliphatic rings. The van der Waals surface area contributed by atoms with Crippen LogP contribution in [0.15, 0.2) is 66.9 Å². The number of hydrogen-bond acceptors (Lipinski definition) is 6. The Hall–Kier alpha value is -4.08. The van der Waals surface area contributed by atoms with Crippen LogP contribution in [0.25, 0.3) is 22.4 Å². The van der Waals surface area contributed by atoms with Crippen LogP contribution in [0, 0.1) is 5.41 Å². The molecule has 2 aromatic carbocycles. The number of aromatic amines is 1. The summed E-state index contributed by atoms with van der Waals surface area (Å²) >= 11 is 0. The molecule has 0 saturated heterocycles. The van der Waals surface area contributed by atoms with E-state index in [1.54, 1.807) is 44.3 Å². The highest BCUT2D eigenvalue weighted by Crippen LogP contribution is 2.46. The number of carbonyl (C=O) groups is 2. The monoisotopic (exact) mass is 554 g/mol. The van der Waals surface area contributed by atoms with E-state index in [9.17, 15) is 14.7 Å². The number of pyridine rings is 1. The van der Waals surface area contributed by atoms with Crippen molar-refractivity contribution < 1.29 is 14.7 Å². The highest BCUT2D eigenvalue weighted by atomic mass is 16.3. The van der Waals surface area contributed by atoms with Crippen LogP contribution < -0.4 is 16.4 Å². The van der Waals surface area contributed by atoms with Crippen LogP contribution in [-0.2, 0) is 4.79 Å². The van der Waals surface area contributed by atoms with Crippen molar-refractivity contribution in [1.82, 2.24) is 15.0 Å².